The van der Waals surface area contributed by atoms with Gasteiger partial charge in [0.05, 0.1) is 8.79 Å². The van der Waals surface area contributed by atoms with E-state index in [0.717, 1.165) is 3.79 Å². The van der Waals surface area contributed by atoms with Gasteiger partial charge in [0.2, 0.25) is 0 Å². The zero-order valence-corrected chi connectivity index (χ0v) is 7.70. The molecule has 0 aliphatic carbocycles. The second kappa shape index (κ2) is 3.51. The summed E-state index contributed by atoms with van der Waals surface area (Å²) in [6.07, 6.45) is 0. The number of amides is 1. The fourth-order valence-corrected chi connectivity index (χ4v) is 1.80. The van der Waals surface area contributed by atoms with E-state index in [-0.39, 0.29) is 0 Å². The van der Waals surface area contributed by atoms with Gasteiger partial charge in [-0.05, 0) is 28.1 Å². The quantitative estimate of drug-likeness (QED) is 0.751. The van der Waals surface area contributed by atoms with Crippen molar-refractivity contribution in [1.82, 2.24) is 0 Å². The molecule has 56 valence electrons. The van der Waals surface area contributed by atoms with Crippen LogP contribution in [0.3, 0.4) is 0 Å². The molecule has 1 aromatic rings. The highest BCUT2D eigenvalue weighted by Gasteiger charge is 2.00. The molecule has 0 fully saturated rings. The third kappa shape index (κ3) is 2.33. The van der Waals surface area contributed by atoms with Crippen LogP contribution in [0.1, 0.15) is 0 Å². The molecular weight excluding hydrogens is 228 g/mol. The number of nitrogens with one attached hydrogen (secondary N) is 1. The Morgan fingerprint density at radius 1 is 1.73 bits per heavy atom. The lowest BCUT2D eigenvalue weighted by Gasteiger charge is -1.90. The van der Waals surface area contributed by atoms with Crippen LogP contribution in [-0.4, -0.2) is 5.91 Å². The lowest BCUT2D eigenvalue weighted by Crippen LogP contribution is -2.05. The number of rotatable bonds is 1. The second-order valence-corrected chi connectivity index (χ2v) is 4.13. The van der Waals surface area contributed by atoms with E-state index in [9.17, 15) is 4.79 Å². The van der Waals surface area contributed by atoms with E-state index in [4.69, 9.17) is 5.26 Å². The summed E-state index contributed by atoms with van der Waals surface area (Å²) in [6.45, 7) is 0. The van der Waals surface area contributed by atoms with E-state index < -0.39 is 5.91 Å². The maximum Gasteiger partial charge on any atom is 0.327 e. The molecule has 1 heterocycles. The highest BCUT2D eigenvalue weighted by Crippen LogP contribution is 2.26. The number of nitriles is 1. The number of anilines is 1. The second-order valence-electron chi connectivity index (χ2n) is 1.67. The maximum absolute atomic E-state index is 10.5. The highest BCUT2D eigenvalue weighted by atomic mass is 79.9. The minimum Gasteiger partial charge on any atom is -0.305 e. The van der Waals surface area contributed by atoms with Crippen molar-refractivity contribution in [2.24, 2.45) is 0 Å². The first-order chi connectivity index (χ1) is 5.22. The minimum absolute atomic E-state index is 0.639. The lowest BCUT2D eigenvalue weighted by atomic mass is 10.6. The van der Waals surface area contributed by atoms with Crippen LogP contribution < -0.4 is 5.32 Å². The molecule has 11 heavy (non-hydrogen) atoms. The molecule has 1 rings (SSSR count). The standard InChI is InChI=1S/C6H3BrN2OS/c7-4-1-2-6(11-4)9-5(10)3-8/h1-2H,(H,9,10). The molecular formula is C6H3BrN2OS. The maximum atomic E-state index is 10.5. The fourth-order valence-electron chi connectivity index (χ4n) is 0.521. The predicted octanol–water partition coefficient (Wildman–Crippen LogP) is 1.97. The van der Waals surface area contributed by atoms with Crippen molar-refractivity contribution in [3.63, 3.8) is 0 Å². The van der Waals surface area contributed by atoms with Gasteiger partial charge in [0.25, 0.3) is 0 Å². The van der Waals surface area contributed by atoms with Gasteiger partial charge < -0.3 is 5.32 Å². The molecule has 0 aliphatic heterocycles. The molecule has 0 aliphatic rings. The van der Waals surface area contributed by atoms with Gasteiger partial charge in [0, 0.05) is 0 Å². The van der Waals surface area contributed by atoms with E-state index in [1.807, 2.05) is 0 Å². The van der Waals surface area contributed by atoms with Crippen molar-refractivity contribution in [3.8, 4) is 6.07 Å². The van der Waals surface area contributed by atoms with Crippen LogP contribution in [0.5, 0.6) is 0 Å². The Morgan fingerprint density at radius 2 is 2.45 bits per heavy atom. The Balaban J connectivity index is 2.66. The first-order valence-electron chi connectivity index (χ1n) is 2.69. The van der Waals surface area contributed by atoms with E-state index in [2.05, 4.69) is 21.2 Å². The number of hydrogen-bond acceptors (Lipinski definition) is 3. The summed E-state index contributed by atoms with van der Waals surface area (Å²) < 4.78 is 0.922. The van der Waals surface area contributed by atoms with E-state index >= 15 is 0 Å². The molecule has 0 unspecified atom stereocenters. The highest BCUT2D eigenvalue weighted by molar-refractivity contribution is 9.11. The topological polar surface area (TPSA) is 52.9 Å². The molecule has 0 bridgehead atoms. The molecule has 0 aromatic carbocycles. The number of carbonyl (C=O) groups is 1. The van der Waals surface area contributed by atoms with Crippen LogP contribution in [0.15, 0.2) is 15.9 Å². The molecule has 0 radical (unpaired) electrons. The van der Waals surface area contributed by atoms with E-state index in [1.54, 1.807) is 12.1 Å². The number of carbonyl (C=O) groups excluding carboxylic acids is 1. The smallest absolute Gasteiger partial charge is 0.305 e. The summed E-state index contributed by atoms with van der Waals surface area (Å²) in [5.74, 6) is -0.639. The van der Waals surface area contributed by atoms with E-state index in [0.29, 0.717) is 5.00 Å². The van der Waals surface area contributed by atoms with Gasteiger partial charge in [-0.3, -0.25) is 4.79 Å². The molecule has 0 saturated heterocycles. The average molecular weight is 231 g/mol. The van der Waals surface area contributed by atoms with Crippen LogP contribution in [-0.2, 0) is 4.79 Å². The average Bonchev–Trinajstić information content (AvgIpc) is 2.35. The molecule has 1 aromatic heterocycles. The Hall–Kier alpha value is -0.860. The van der Waals surface area contributed by atoms with Crippen LogP contribution in [0.2, 0.25) is 0 Å². The largest absolute Gasteiger partial charge is 0.327 e. The van der Waals surface area contributed by atoms with Gasteiger partial charge in [0.15, 0.2) is 6.07 Å². The summed E-state index contributed by atoms with van der Waals surface area (Å²) >= 11 is 4.59. The normalized spacial score (nSPS) is 8.73. The Morgan fingerprint density at radius 3 is 2.91 bits per heavy atom. The van der Waals surface area contributed by atoms with Crippen molar-refractivity contribution in [1.29, 1.82) is 5.26 Å². The summed E-state index contributed by atoms with van der Waals surface area (Å²) in [4.78, 5) is 10.5. The number of halogens is 1. The van der Waals surface area contributed by atoms with Crippen molar-refractivity contribution in [3.05, 3.63) is 15.9 Å². The lowest BCUT2D eigenvalue weighted by molar-refractivity contribution is -0.111. The molecule has 0 saturated carbocycles. The zero-order chi connectivity index (χ0) is 8.27. The molecule has 1 N–H and O–H groups in total. The van der Waals surface area contributed by atoms with Crippen LogP contribution in [0.25, 0.3) is 0 Å². The van der Waals surface area contributed by atoms with Gasteiger partial charge in [-0.2, -0.15) is 5.26 Å². The monoisotopic (exact) mass is 230 g/mol. The Kier molecular flexibility index (Phi) is 2.63. The van der Waals surface area contributed by atoms with Crippen molar-refractivity contribution in [2.45, 2.75) is 0 Å². The first kappa shape index (κ1) is 8.24. The summed E-state index contributed by atoms with van der Waals surface area (Å²) in [7, 11) is 0. The Bertz CT molecular complexity index is 315. The third-order valence-corrected chi connectivity index (χ3v) is 2.45. The summed E-state index contributed by atoms with van der Waals surface area (Å²) in [5, 5.41) is 11.2. The first-order valence-corrected chi connectivity index (χ1v) is 4.30. The van der Waals surface area contributed by atoms with Crippen LogP contribution in [0.4, 0.5) is 5.00 Å². The third-order valence-electron chi connectivity index (χ3n) is 0.911. The molecule has 0 spiro atoms. The zero-order valence-electron chi connectivity index (χ0n) is 5.30. The SMILES string of the molecule is N#CC(=O)Nc1ccc(Br)s1. The number of nitrogens with zero attached hydrogens (tertiary/aromatic N) is 1. The number of hydrogen-bond donors (Lipinski definition) is 1. The number of thiophene rings is 1. The summed E-state index contributed by atoms with van der Waals surface area (Å²) in [5.41, 5.74) is 0. The molecule has 5 heteroatoms. The van der Waals surface area contributed by atoms with Crippen molar-refractivity contribution < 1.29 is 4.79 Å². The molecule has 1 amide bonds. The van der Waals surface area contributed by atoms with Gasteiger partial charge in [0.1, 0.15) is 0 Å². The minimum atomic E-state index is -0.639. The van der Waals surface area contributed by atoms with Gasteiger partial charge in [-0.1, -0.05) is 0 Å². The van der Waals surface area contributed by atoms with Crippen LogP contribution >= 0.6 is 27.3 Å². The molecule has 0 atom stereocenters. The van der Waals surface area contributed by atoms with Gasteiger partial charge >= 0.3 is 5.91 Å². The Labute approximate surface area is 75.8 Å². The van der Waals surface area contributed by atoms with Crippen molar-refractivity contribution in [2.75, 3.05) is 5.32 Å². The van der Waals surface area contributed by atoms with E-state index in [1.165, 1.54) is 17.4 Å². The van der Waals surface area contributed by atoms with Gasteiger partial charge in [-0.15, -0.1) is 11.3 Å². The fraction of sp³-hybridized carbons (Fsp3) is 0. The molecule has 3 nitrogen and oxygen atoms in total. The summed E-state index contributed by atoms with van der Waals surface area (Å²) in [6, 6.07) is 4.99. The van der Waals surface area contributed by atoms with Gasteiger partial charge in [-0.25, -0.2) is 0 Å². The predicted molar refractivity (Wildman–Crippen MR) is 46.3 cm³/mol. The van der Waals surface area contributed by atoms with Crippen LogP contribution in [0, 0.1) is 11.3 Å². The van der Waals surface area contributed by atoms with Crippen molar-refractivity contribution >= 4 is 38.2 Å².